The normalized spacial score (nSPS) is 10.1. The molecule has 0 saturated carbocycles. The van der Waals surface area contributed by atoms with Crippen LogP contribution < -0.4 is 11.1 Å². The molecule has 0 unspecified atom stereocenters. The van der Waals surface area contributed by atoms with Crippen LogP contribution in [0.2, 0.25) is 0 Å². The lowest BCUT2D eigenvalue weighted by Crippen LogP contribution is -2.24. The second-order valence-corrected chi connectivity index (χ2v) is 3.84. The van der Waals surface area contributed by atoms with Gasteiger partial charge in [0.15, 0.2) is 0 Å². The molecule has 7 nitrogen and oxygen atoms in total. The smallest absolute Gasteiger partial charge is 0.305 e. The number of carbonyl (C=O) groups is 2. The van der Waals surface area contributed by atoms with Crippen molar-refractivity contribution < 1.29 is 14.3 Å². The topological polar surface area (TPSA) is 110 Å². The molecule has 0 aromatic carbocycles. The van der Waals surface area contributed by atoms with Gasteiger partial charge in [-0.1, -0.05) is 6.42 Å². The van der Waals surface area contributed by atoms with Crippen LogP contribution in [0, 0.1) is 0 Å². The van der Waals surface area contributed by atoms with Crippen LogP contribution in [0.15, 0.2) is 6.20 Å². The molecule has 4 N–H and O–H groups in total. The third kappa shape index (κ3) is 4.44. The third-order valence-corrected chi connectivity index (χ3v) is 2.48. The van der Waals surface area contributed by atoms with Gasteiger partial charge in [0.2, 0.25) is 0 Å². The summed E-state index contributed by atoms with van der Waals surface area (Å²) in [6.07, 6.45) is 4.23. The van der Waals surface area contributed by atoms with E-state index in [0.29, 0.717) is 18.5 Å². The summed E-state index contributed by atoms with van der Waals surface area (Å²) in [7, 11) is 1.37. The number of nitrogens with zero attached hydrogens (tertiary/aromatic N) is 1. The number of aromatic amines is 1. The minimum atomic E-state index is -0.241. The predicted octanol–water partition coefficient (Wildman–Crippen LogP) is 0.455. The second-order valence-electron chi connectivity index (χ2n) is 3.84. The number of unbranched alkanes of at least 4 members (excludes halogenated alkanes) is 2. The lowest BCUT2D eigenvalue weighted by atomic mass is 10.2. The molecule has 1 aromatic heterocycles. The number of ether oxygens (including phenoxy) is 1. The van der Waals surface area contributed by atoms with E-state index in [4.69, 9.17) is 5.73 Å². The number of methoxy groups -OCH3 is 1. The van der Waals surface area contributed by atoms with E-state index >= 15 is 0 Å². The number of aromatic nitrogens is 2. The van der Waals surface area contributed by atoms with Crippen molar-refractivity contribution in [2.75, 3.05) is 19.4 Å². The number of H-pyrrole nitrogens is 1. The summed E-state index contributed by atoms with van der Waals surface area (Å²) < 4.78 is 4.52. The maximum atomic E-state index is 11.6. The molecule has 0 fully saturated rings. The Labute approximate surface area is 105 Å². The van der Waals surface area contributed by atoms with Gasteiger partial charge in [0.1, 0.15) is 11.4 Å². The maximum absolute atomic E-state index is 11.6. The first-order valence-corrected chi connectivity index (χ1v) is 5.79. The number of hydrogen-bond donors (Lipinski definition) is 3. The molecule has 1 rings (SSSR count). The van der Waals surface area contributed by atoms with Gasteiger partial charge in [-0.05, 0) is 12.8 Å². The van der Waals surface area contributed by atoms with Gasteiger partial charge < -0.3 is 15.8 Å². The molecule has 0 radical (unpaired) electrons. The quantitative estimate of drug-likeness (QED) is 0.483. The molecule has 100 valence electrons. The summed E-state index contributed by atoms with van der Waals surface area (Å²) in [4.78, 5) is 22.4. The molecule has 1 aromatic rings. The largest absolute Gasteiger partial charge is 0.469 e. The first-order chi connectivity index (χ1) is 8.65. The van der Waals surface area contributed by atoms with E-state index in [2.05, 4.69) is 20.3 Å². The molecule has 18 heavy (non-hydrogen) atoms. The molecule has 0 bridgehead atoms. The van der Waals surface area contributed by atoms with E-state index in [1.807, 2.05) is 0 Å². The van der Waals surface area contributed by atoms with E-state index in [1.165, 1.54) is 13.3 Å². The van der Waals surface area contributed by atoms with Crippen molar-refractivity contribution in [2.24, 2.45) is 0 Å². The SMILES string of the molecule is COC(=O)CCCCCNC(=O)c1cn[nH]c1N. The zero-order valence-electron chi connectivity index (χ0n) is 10.4. The average molecular weight is 254 g/mol. The van der Waals surface area contributed by atoms with Crippen molar-refractivity contribution in [1.29, 1.82) is 0 Å². The average Bonchev–Trinajstić information content (AvgIpc) is 2.79. The van der Waals surface area contributed by atoms with Crippen LogP contribution in [-0.4, -0.2) is 35.7 Å². The highest BCUT2D eigenvalue weighted by Gasteiger charge is 2.10. The number of amides is 1. The minimum Gasteiger partial charge on any atom is -0.469 e. The van der Waals surface area contributed by atoms with Crippen molar-refractivity contribution >= 4 is 17.7 Å². The predicted molar refractivity (Wildman–Crippen MR) is 65.8 cm³/mol. The number of nitrogen functional groups attached to an aromatic ring is 1. The fraction of sp³-hybridized carbons (Fsp3) is 0.545. The Morgan fingerprint density at radius 2 is 2.22 bits per heavy atom. The third-order valence-electron chi connectivity index (χ3n) is 2.48. The highest BCUT2D eigenvalue weighted by atomic mass is 16.5. The fourth-order valence-electron chi connectivity index (χ4n) is 1.45. The summed E-state index contributed by atoms with van der Waals surface area (Å²) in [5, 5.41) is 8.89. The molecular formula is C11H18N4O3. The van der Waals surface area contributed by atoms with Crippen molar-refractivity contribution in [1.82, 2.24) is 15.5 Å². The number of hydrogen-bond acceptors (Lipinski definition) is 5. The molecule has 1 heterocycles. The number of rotatable bonds is 7. The summed E-state index contributed by atoms with van der Waals surface area (Å²) in [6, 6.07) is 0. The standard InChI is InChI=1S/C11H18N4O3/c1-18-9(16)5-3-2-4-6-13-11(17)8-7-14-15-10(8)12/h7H,2-6H2,1H3,(H,13,17)(H3,12,14,15). The van der Waals surface area contributed by atoms with Gasteiger partial charge in [-0.3, -0.25) is 14.7 Å². The van der Waals surface area contributed by atoms with Gasteiger partial charge in [0, 0.05) is 13.0 Å². The van der Waals surface area contributed by atoms with E-state index in [-0.39, 0.29) is 17.7 Å². The van der Waals surface area contributed by atoms with Crippen molar-refractivity contribution in [3.8, 4) is 0 Å². The van der Waals surface area contributed by atoms with Gasteiger partial charge in [-0.15, -0.1) is 0 Å². The Morgan fingerprint density at radius 1 is 1.44 bits per heavy atom. The van der Waals surface area contributed by atoms with Gasteiger partial charge in [-0.25, -0.2) is 0 Å². The molecule has 0 aliphatic carbocycles. The van der Waals surface area contributed by atoms with Crippen molar-refractivity contribution in [2.45, 2.75) is 25.7 Å². The summed E-state index contributed by atoms with van der Waals surface area (Å²) >= 11 is 0. The Hall–Kier alpha value is -2.05. The van der Waals surface area contributed by atoms with Gasteiger partial charge in [0.05, 0.1) is 13.3 Å². The van der Waals surface area contributed by atoms with E-state index in [1.54, 1.807) is 0 Å². The van der Waals surface area contributed by atoms with Crippen LogP contribution in [0.3, 0.4) is 0 Å². The lowest BCUT2D eigenvalue weighted by molar-refractivity contribution is -0.140. The Balaban J connectivity index is 2.10. The summed E-state index contributed by atoms with van der Waals surface area (Å²) in [6.45, 7) is 0.546. The minimum absolute atomic E-state index is 0.204. The maximum Gasteiger partial charge on any atom is 0.305 e. The monoisotopic (exact) mass is 254 g/mol. The van der Waals surface area contributed by atoms with Crippen LogP contribution in [0.1, 0.15) is 36.0 Å². The van der Waals surface area contributed by atoms with E-state index < -0.39 is 0 Å². The molecule has 7 heteroatoms. The first kappa shape index (κ1) is 14.0. The summed E-state index contributed by atoms with van der Waals surface area (Å²) in [5.74, 6) is -0.183. The molecule has 1 amide bonds. The Kier molecular flexibility index (Phi) is 5.69. The van der Waals surface area contributed by atoms with Crippen LogP contribution in [0.5, 0.6) is 0 Å². The molecule has 0 spiro atoms. The Morgan fingerprint density at radius 3 is 2.83 bits per heavy atom. The number of carbonyl (C=O) groups excluding carboxylic acids is 2. The molecule has 0 atom stereocenters. The number of anilines is 1. The number of nitrogens with two attached hydrogens (primary N) is 1. The molecule has 0 saturated heterocycles. The van der Waals surface area contributed by atoms with Gasteiger partial charge in [0.25, 0.3) is 5.91 Å². The summed E-state index contributed by atoms with van der Waals surface area (Å²) in [5.41, 5.74) is 5.86. The van der Waals surface area contributed by atoms with Gasteiger partial charge in [-0.2, -0.15) is 5.10 Å². The van der Waals surface area contributed by atoms with Crippen LogP contribution in [0.4, 0.5) is 5.82 Å². The molecule has 0 aliphatic rings. The second kappa shape index (κ2) is 7.31. The number of esters is 1. The zero-order valence-corrected chi connectivity index (χ0v) is 10.4. The molecule has 0 aliphatic heterocycles. The fourth-order valence-corrected chi connectivity index (χ4v) is 1.45. The van der Waals surface area contributed by atoms with Gasteiger partial charge >= 0.3 is 5.97 Å². The van der Waals surface area contributed by atoms with Crippen LogP contribution in [0.25, 0.3) is 0 Å². The van der Waals surface area contributed by atoms with Crippen molar-refractivity contribution in [3.05, 3.63) is 11.8 Å². The Bertz CT molecular complexity index is 403. The van der Waals surface area contributed by atoms with Crippen LogP contribution >= 0.6 is 0 Å². The molecular weight excluding hydrogens is 236 g/mol. The highest BCUT2D eigenvalue weighted by molar-refractivity contribution is 5.97. The van der Waals surface area contributed by atoms with Crippen LogP contribution in [-0.2, 0) is 9.53 Å². The first-order valence-electron chi connectivity index (χ1n) is 5.79. The zero-order chi connectivity index (χ0) is 13.4. The highest BCUT2D eigenvalue weighted by Crippen LogP contribution is 2.05. The van der Waals surface area contributed by atoms with E-state index in [0.717, 1.165) is 19.3 Å². The number of nitrogens with one attached hydrogen (secondary N) is 2. The van der Waals surface area contributed by atoms with Crippen molar-refractivity contribution in [3.63, 3.8) is 0 Å². The van der Waals surface area contributed by atoms with E-state index in [9.17, 15) is 9.59 Å². The lowest BCUT2D eigenvalue weighted by Gasteiger charge is -2.04.